The van der Waals surface area contributed by atoms with Crippen molar-refractivity contribution in [3.05, 3.63) is 29.6 Å². The molecule has 4 nitrogen and oxygen atoms in total. The van der Waals surface area contributed by atoms with Crippen LogP contribution in [-0.4, -0.2) is 35.9 Å². The summed E-state index contributed by atoms with van der Waals surface area (Å²) in [7, 11) is 1.79. The molecular formula is C13H23Cl2N3O. The van der Waals surface area contributed by atoms with Crippen LogP contribution < -0.4 is 5.73 Å². The number of hydrogen-bond donors (Lipinski definition) is 1. The van der Waals surface area contributed by atoms with Gasteiger partial charge in [-0.05, 0) is 30.5 Å². The zero-order valence-corrected chi connectivity index (χ0v) is 13.5. The van der Waals surface area contributed by atoms with Gasteiger partial charge in [-0.3, -0.25) is 9.78 Å². The van der Waals surface area contributed by atoms with Gasteiger partial charge in [0.15, 0.2) is 0 Å². The molecule has 1 aromatic rings. The third kappa shape index (κ3) is 5.76. The molecule has 0 bridgehead atoms. The minimum Gasteiger partial charge on any atom is -0.340 e. The summed E-state index contributed by atoms with van der Waals surface area (Å²) in [6.45, 7) is 7.15. The summed E-state index contributed by atoms with van der Waals surface area (Å²) in [6, 6.07) is 3.72. The lowest BCUT2D eigenvalue weighted by molar-refractivity contribution is 0.0734. The average Bonchev–Trinajstić information content (AvgIpc) is 2.28. The van der Waals surface area contributed by atoms with Gasteiger partial charge in [0, 0.05) is 19.8 Å². The maximum atomic E-state index is 12.2. The Kier molecular flexibility index (Phi) is 9.00. The first-order chi connectivity index (χ1) is 7.87. The van der Waals surface area contributed by atoms with Gasteiger partial charge >= 0.3 is 0 Å². The molecular weight excluding hydrogens is 285 g/mol. The fraction of sp³-hybridized carbons (Fsp3) is 0.538. The second-order valence-corrected chi connectivity index (χ2v) is 5.20. The molecule has 0 aromatic carbocycles. The molecule has 2 N–H and O–H groups in total. The van der Waals surface area contributed by atoms with Crippen LogP contribution in [0.2, 0.25) is 0 Å². The molecule has 1 heterocycles. The molecule has 110 valence electrons. The van der Waals surface area contributed by atoms with Crippen LogP contribution in [0.15, 0.2) is 18.3 Å². The van der Waals surface area contributed by atoms with E-state index in [1.54, 1.807) is 18.1 Å². The highest BCUT2D eigenvalue weighted by atomic mass is 35.5. The summed E-state index contributed by atoms with van der Waals surface area (Å²) in [5.41, 5.74) is 7.01. The van der Waals surface area contributed by atoms with E-state index >= 15 is 0 Å². The highest BCUT2D eigenvalue weighted by Gasteiger charge is 2.23. The number of carbonyl (C=O) groups is 1. The second kappa shape index (κ2) is 8.35. The standard InChI is InChI=1S/C13H21N3O.2ClH/c1-10-6-5-7-15-11(10)12(17)16(4)9-13(2,3)8-14;;/h5-7H,8-9,14H2,1-4H3;2*1H. The summed E-state index contributed by atoms with van der Waals surface area (Å²) in [5, 5.41) is 0. The Bertz CT molecular complexity index is 411. The van der Waals surface area contributed by atoms with Crippen LogP contribution in [0.1, 0.15) is 29.9 Å². The van der Waals surface area contributed by atoms with Crippen LogP contribution in [0.4, 0.5) is 0 Å². The van der Waals surface area contributed by atoms with E-state index in [0.717, 1.165) is 5.56 Å². The van der Waals surface area contributed by atoms with Gasteiger partial charge in [-0.15, -0.1) is 24.8 Å². The van der Waals surface area contributed by atoms with E-state index in [1.807, 2.05) is 32.9 Å². The molecule has 0 atom stereocenters. The lowest BCUT2D eigenvalue weighted by Crippen LogP contribution is -2.40. The SMILES string of the molecule is Cc1cccnc1C(=O)N(C)CC(C)(C)CN.Cl.Cl. The van der Waals surface area contributed by atoms with Gasteiger partial charge in [0.25, 0.3) is 5.91 Å². The summed E-state index contributed by atoms with van der Waals surface area (Å²) >= 11 is 0. The minimum absolute atomic E-state index is 0. The fourth-order valence-electron chi connectivity index (χ4n) is 1.67. The highest BCUT2D eigenvalue weighted by Crippen LogP contribution is 2.16. The quantitative estimate of drug-likeness (QED) is 0.928. The van der Waals surface area contributed by atoms with Crippen LogP contribution in [0.5, 0.6) is 0 Å². The van der Waals surface area contributed by atoms with Crippen LogP contribution in [-0.2, 0) is 0 Å². The molecule has 0 fully saturated rings. The van der Waals surface area contributed by atoms with Gasteiger partial charge in [0.2, 0.25) is 0 Å². The average molecular weight is 308 g/mol. The van der Waals surface area contributed by atoms with Gasteiger partial charge < -0.3 is 10.6 Å². The van der Waals surface area contributed by atoms with E-state index in [1.165, 1.54) is 0 Å². The molecule has 0 aliphatic rings. The van der Waals surface area contributed by atoms with Crippen LogP contribution >= 0.6 is 24.8 Å². The summed E-state index contributed by atoms with van der Waals surface area (Å²) in [4.78, 5) is 18.0. The molecule has 6 heteroatoms. The van der Waals surface area contributed by atoms with Crippen LogP contribution in [0, 0.1) is 12.3 Å². The number of amides is 1. The maximum Gasteiger partial charge on any atom is 0.272 e. The maximum absolute atomic E-state index is 12.2. The van der Waals surface area contributed by atoms with Crippen LogP contribution in [0.25, 0.3) is 0 Å². The highest BCUT2D eigenvalue weighted by molar-refractivity contribution is 5.93. The monoisotopic (exact) mass is 307 g/mol. The van der Waals surface area contributed by atoms with Crippen molar-refractivity contribution in [2.75, 3.05) is 20.1 Å². The van der Waals surface area contributed by atoms with Crippen molar-refractivity contribution in [1.82, 2.24) is 9.88 Å². The number of carbonyl (C=O) groups excluding carboxylic acids is 1. The first-order valence-electron chi connectivity index (χ1n) is 5.74. The summed E-state index contributed by atoms with van der Waals surface area (Å²) in [5.74, 6) is -0.0513. The van der Waals surface area contributed by atoms with Crippen LogP contribution in [0.3, 0.4) is 0 Å². The largest absolute Gasteiger partial charge is 0.340 e. The number of nitrogens with two attached hydrogens (primary N) is 1. The minimum atomic E-state index is -0.0763. The Morgan fingerprint density at radius 3 is 2.47 bits per heavy atom. The molecule has 19 heavy (non-hydrogen) atoms. The van der Waals surface area contributed by atoms with Gasteiger partial charge in [0.1, 0.15) is 5.69 Å². The normalized spacial score (nSPS) is 10.2. The van der Waals surface area contributed by atoms with E-state index < -0.39 is 0 Å². The first-order valence-corrected chi connectivity index (χ1v) is 5.74. The third-order valence-corrected chi connectivity index (χ3v) is 2.78. The third-order valence-electron chi connectivity index (χ3n) is 2.78. The zero-order chi connectivity index (χ0) is 13.1. The molecule has 1 amide bonds. The Labute approximate surface area is 127 Å². The lowest BCUT2D eigenvalue weighted by Gasteiger charge is -2.29. The van der Waals surface area contributed by atoms with E-state index in [-0.39, 0.29) is 36.1 Å². The van der Waals surface area contributed by atoms with E-state index in [0.29, 0.717) is 18.8 Å². The van der Waals surface area contributed by atoms with E-state index in [2.05, 4.69) is 4.98 Å². The van der Waals surface area contributed by atoms with Crippen molar-refractivity contribution in [2.45, 2.75) is 20.8 Å². The summed E-state index contributed by atoms with van der Waals surface area (Å²) < 4.78 is 0. The molecule has 0 unspecified atom stereocenters. The molecule has 0 aliphatic heterocycles. The molecule has 1 aromatic heterocycles. The number of aryl methyl sites for hydroxylation is 1. The van der Waals surface area contributed by atoms with Gasteiger partial charge in [-0.25, -0.2) is 0 Å². The first kappa shape index (κ1) is 20.5. The van der Waals surface area contributed by atoms with Gasteiger partial charge in [-0.2, -0.15) is 0 Å². The van der Waals surface area contributed by atoms with E-state index in [4.69, 9.17) is 5.73 Å². The predicted octanol–water partition coefficient (Wildman–Crippen LogP) is 2.29. The van der Waals surface area contributed by atoms with Crippen molar-refractivity contribution in [2.24, 2.45) is 11.1 Å². The fourth-order valence-corrected chi connectivity index (χ4v) is 1.67. The molecule has 0 radical (unpaired) electrons. The Morgan fingerprint density at radius 2 is 2.00 bits per heavy atom. The number of pyridine rings is 1. The van der Waals surface area contributed by atoms with Crippen molar-refractivity contribution >= 4 is 30.7 Å². The number of nitrogens with zero attached hydrogens (tertiary/aromatic N) is 2. The van der Waals surface area contributed by atoms with Gasteiger partial charge in [0.05, 0.1) is 0 Å². The number of rotatable bonds is 4. The number of halogens is 2. The zero-order valence-electron chi connectivity index (χ0n) is 11.8. The lowest BCUT2D eigenvalue weighted by atomic mass is 9.93. The van der Waals surface area contributed by atoms with Crippen molar-refractivity contribution in [3.8, 4) is 0 Å². The van der Waals surface area contributed by atoms with Gasteiger partial charge in [-0.1, -0.05) is 19.9 Å². The molecule has 0 spiro atoms. The summed E-state index contributed by atoms with van der Waals surface area (Å²) in [6.07, 6.45) is 1.64. The molecule has 1 rings (SSSR count). The second-order valence-electron chi connectivity index (χ2n) is 5.20. The van der Waals surface area contributed by atoms with Crippen molar-refractivity contribution < 1.29 is 4.79 Å². The van der Waals surface area contributed by atoms with E-state index in [9.17, 15) is 4.79 Å². The van der Waals surface area contributed by atoms with Crippen molar-refractivity contribution in [3.63, 3.8) is 0 Å². The number of hydrogen-bond acceptors (Lipinski definition) is 3. The smallest absolute Gasteiger partial charge is 0.272 e. The predicted molar refractivity (Wildman–Crippen MR) is 83.3 cm³/mol. The number of aromatic nitrogens is 1. The molecule has 0 saturated carbocycles. The molecule has 0 aliphatic carbocycles. The Balaban J connectivity index is 0. The molecule has 0 saturated heterocycles. The van der Waals surface area contributed by atoms with Crippen molar-refractivity contribution in [1.29, 1.82) is 0 Å². The Hall–Kier alpha value is -0.840. The topological polar surface area (TPSA) is 59.2 Å². The Morgan fingerprint density at radius 1 is 1.42 bits per heavy atom.